The van der Waals surface area contributed by atoms with Crippen LogP contribution in [0.1, 0.15) is 63.4 Å². The number of carbonyl (C=O) groups excluding carboxylic acids is 2. The smallest absolute Gasteiger partial charge is 0.376 e. The highest BCUT2D eigenvalue weighted by Gasteiger charge is 2.39. The van der Waals surface area contributed by atoms with Crippen LogP contribution < -0.4 is 10.6 Å². The molecule has 0 bridgehead atoms. The largest absolute Gasteiger partial charge is 0.435 e. The molecule has 0 aromatic carbocycles. The van der Waals surface area contributed by atoms with Crippen molar-refractivity contribution in [2.24, 2.45) is 0 Å². The van der Waals surface area contributed by atoms with Gasteiger partial charge in [0.15, 0.2) is 5.69 Å². The molecule has 3 heterocycles. The normalized spacial score (nSPS) is 19.9. The Bertz CT molecular complexity index is 1140. The summed E-state index contributed by atoms with van der Waals surface area (Å²) in [6, 6.07) is 0. The molecule has 1 fully saturated rings. The van der Waals surface area contributed by atoms with Gasteiger partial charge in [0.25, 0.3) is 5.91 Å². The summed E-state index contributed by atoms with van der Waals surface area (Å²) in [6.07, 6.45) is 0.944. The van der Waals surface area contributed by atoms with Crippen molar-refractivity contribution >= 4 is 28.2 Å². The first-order valence-corrected chi connectivity index (χ1v) is 13.2. The number of hydrogen-bond donors (Lipinski definition) is 2. The molecule has 2 amide bonds. The van der Waals surface area contributed by atoms with Gasteiger partial charge in [-0.25, -0.2) is 0 Å². The summed E-state index contributed by atoms with van der Waals surface area (Å²) in [6.45, 7) is 1.36. The third kappa shape index (κ3) is 5.30. The standard InChI is InChI=1S/C24H29F3N4O4S/c25-24(26,27)21-15-5-1-3-7-17(15)31(30-21)12-19(32)29-23-20(16-6-2-4-8-18(16)36-23)22(33)28-11-14-13-34-9-10-35-14/h14H,1-13H2,(H,28,33)(H,29,32). The van der Waals surface area contributed by atoms with E-state index in [0.29, 0.717) is 55.3 Å². The van der Waals surface area contributed by atoms with Crippen LogP contribution in [-0.2, 0) is 52.7 Å². The predicted octanol–water partition coefficient (Wildman–Crippen LogP) is 3.50. The molecule has 1 unspecified atom stereocenters. The lowest BCUT2D eigenvalue weighted by molar-refractivity contribution is -0.142. The third-order valence-corrected chi connectivity index (χ3v) is 8.05. The molecule has 1 saturated heterocycles. The van der Waals surface area contributed by atoms with Crippen LogP contribution in [-0.4, -0.2) is 54.1 Å². The number of hydrogen-bond acceptors (Lipinski definition) is 6. The quantitative estimate of drug-likeness (QED) is 0.601. The highest BCUT2D eigenvalue weighted by molar-refractivity contribution is 7.17. The first-order chi connectivity index (χ1) is 17.3. The molecule has 0 spiro atoms. The summed E-state index contributed by atoms with van der Waals surface area (Å²) in [4.78, 5) is 27.3. The second kappa shape index (κ2) is 10.5. The van der Waals surface area contributed by atoms with Gasteiger partial charge in [-0.15, -0.1) is 11.3 Å². The minimum Gasteiger partial charge on any atom is -0.376 e. The van der Waals surface area contributed by atoms with Gasteiger partial charge in [-0.1, -0.05) is 0 Å². The topological polar surface area (TPSA) is 94.5 Å². The van der Waals surface area contributed by atoms with Gasteiger partial charge < -0.3 is 20.1 Å². The fourth-order valence-corrected chi connectivity index (χ4v) is 6.48. The first-order valence-electron chi connectivity index (χ1n) is 12.4. The molecule has 12 heteroatoms. The molecule has 2 aromatic rings. The number of nitrogens with one attached hydrogen (secondary N) is 2. The number of anilines is 1. The van der Waals surface area contributed by atoms with Crippen molar-refractivity contribution < 1.29 is 32.2 Å². The number of amides is 2. The number of fused-ring (bicyclic) bond motifs is 2. The fraction of sp³-hybridized carbons (Fsp3) is 0.625. The van der Waals surface area contributed by atoms with Crippen molar-refractivity contribution in [2.75, 3.05) is 31.7 Å². The molecule has 2 aromatic heterocycles. The van der Waals surface area contributed by atoms with E-state index in [2.05, 4.69) is 15.7 Å². The second-order valence-electron chi connectivity index (χ2n) is 9.38. The first kappa shape index (κ1) is 25.2. The number of aromatic nitrogens is 2. The number of aryl methyl sites for hydroxylation is 1. The van der Waals surface area contributed by atoms with Crippen molar-refractivity contribution in [1.29, 1.82) is 0 Å². The summed E-state index contributed by atoms with van der Waals surface area (Å²) in [5, 5.41) is 9.92. The van der Waals surface area contributed by atoms with Crippen molar-refractivity contribution in [2.45, 2.75) is 70.2 Å². The molecule has 0 saturated carbocycles. The monoisotopic (exact) mass is 526 g/mol. The maximum Gasteiger partial charge on any atom is 0.435 e. The molecular weight excluding hydrogens is 497 g/mol. The highest BCUT2D eigenvalue weighted by Crippen LogP contribution is 2.39. The number of alkyl halides is 3. The number of nitrogens with zero attached hydrogens (tertiary/aromatic N) is 2. The minimum atomic E-state index is -4.56. The zero-order valence-electron chi connectivity index (χ0n) is 19.8. The van der Waals surface area contributed by atoms with Crippen LogP contribution in [0.25, 0.3) is 0 Å². The SMILES string of the molecule is O=C(Cn1nc(C(F)(F)F)c2c1CCCC2)Nc1sc2c(c1C(=O)NCC1COCCO1)CCCC2. The number of carbonyl (C=O) groups is 2. The Hall–Kier alpha value is -2.44. The average molecular weight is 527 g/mol. The molecular formula is C24H29F3N4O4S. The molecule has 1 aliphatic heterocycles. The molecule has 196 valence electrons. The van der Waals surface area contributed by atoms with Gasteiger partial charge in [0.1, 0.15) is 11.5 Å². The lowest BCUT2D eigenvalue weighted by Gasteiger charge is -2.23. The van der Waals surface area contributed by atoms with Crippen molar-refractivity contribution in [3.63, 3.8) is 0 Å². The summed E-state index contributed by atoms with van der Waals surface area (Å²) in [7, 11) is 0. The molecule has 0 radical (unpaired) electrons. The second-order valence-corrected chi connectivity index (χ2v) is 10.5. The number of halogens is 3. The number of rotatable bonds is 6. The van der Waals surface area contributed by atoms with Gasteiger partial charge >= 0.3 is 6.18 Å². The molecule has 3 aliphatic rings. The fourth-order valence-electron chi connectivity index (χ4n) is 5.18. The molecule has 1 atom stereocenters. The van der Waals surface area contributed by atoms with E-state index in [1.165, 1.54) is 16.0 Å². The van der Waals surface area contributed by atoms with Gasteiger partial charge in [0.2, 0.25) is 5.91 Å². The maximum absolute atomic E-state index is 13.5. The van der Waals surface area contributed by atoms with E-state index in [1.807, 2.05) is 0 Å². The molecule has 5 rings (SSSR count). The predicted molar refractivity (Wildman–Crippen MR) is 126 cm³/mol. The summed E-state index contributed by atoms with van der Waals surface area (Å²) in [5.74, 6) is -0.800. The van der Waals surface area contributed by atoms with Crippen LogP contribution in [0.2, 0.25) is 0 Å². The summed E-state index contributed by atoms with van der Waals surface area (Å²) in [5.41, 5.74) is 1.16. The van der Waals surface area contributed by atoms with Crippen LogP contribution >= 0.6 is 11.3 Å². The van der Waals surface area contributed by atoms with Gasteiger partial charge in [-0.05, 0) is 56.9 Å². The van der Waals surface area contributed by atoms with E-state index in [1.54, 1.807) is 0 Å². The van der Waals surface area contributed by atoms with E-state index in [9.17, 15) is 22.8 Å². The van der Waals surface area contributed by atoms with E-state index in [4.69, 9.17) is 9.47 Å². The Kier molecular flexibility index (Phi) is 7.36. The van der Waals surface area contributed by atoms with Crippen molar-refractivity contribution in [3.8, 4) is 0 Å². The highest BCUT2D eigenvalue weighted by atomic mass is 32.1. The van der Waals surface area contributed by atoms with E-state index in [-0.39, 0.29) is 30.7 Å². The Balaban J connectivity index is 1.34. The zero-order valence-corrected chi connectivity index (χ0v) is 20.7. The van der Waals surface area contributed by atoms with Crippen LogP contribution in [0.15, 0.2) is 0 Å². The molecule has 2 aliphatic carbocycles. The summed E-state index contributed by atoms with van der Waals surface area (Å²) < 4.78 is 52.7. The van der Waals surface area contributed by atoms with Gasteiger partial charge in [0.05, 0.1) is 31.5 Å². The van der Waals surface area contributed by atoms with Crippen LogP contribution in [0.4, 0.5) is 18.2 Å². The molecule has 8 nitrogen and oxygen atoms in total. The molecule has 36 heavy (non-hydrogen) atoms. The van der Waals surface area contributed by atoms with Gasteiger partial charge in [0, 0.05) is 22.7 Å². The van der Waals surface area contributed by atoms with Crippen LogP contribution in [0.5, 0.6) is 0 Å². The van der Waals surface area contributed by atoms with E-state index < -0.39 is 17.8 Å². The van der Waals surface area contributed by atoms with Crippen molar-refractivity contribution in [1.82, 2.24) is 15.1 Å². The lowest BCUT2D eigenvalue weighted by atomic mass is 9.95. The third-order valence-electron chi connectivity index (χ3n) is 6.85. The zero-order chi connectivity index (χ0) is 25.3. The Morgan fingerprint density at radius 3 is 2.56 bits per heavy atom. The van der Waals surface area contributed by atoms with E-state index in [0.717, 1.165) is 42.5 Å². The summed E-state index contributed by atoms with van der Waals surface area (Å²) >= 11 is 1.37. The van der Waals surface area contributed by atoms with E-state index >= 15 is 0 Å². The van der Waals surface area contributed by atoms with Gasteiger partial charge in [-0.3, -0.25) is 14.3 Å². The average Bonchev–Trinajstić information content (AvgIpc) is 3.41. The lowest BCUT2D eigenvalue weighted by Crippen LogP contribution is -2.40. The minimum absolute atomic E-state index is 0.196. The van der Waals surface area contributed by atoms with Crippen LogP contribution in [0.3, 0.4) is 0 Å². The maximum atomic E-state index is 13.5. The Labute approximate surface area is 210 Å². The Morgan fingerprint density at radius 2 is 1.81 bits per heavy atom. The Morgan fingerprint density at radius 1 is 1.06 bits per heavy atom. The number of ether oxygens (including phenoxy) is 2. The number of thiophene rings is 1. The molecule has 2 N–H and O–H groups in total. The van der Waals surface area contributed by atoms with Crippen molar-refractivity contribution in [3.05, 3.63) is 33.0 Å². The van der Waals surface area contributed by atoms with Gasteiger partial charge in [-0.2, -0.15) is 18.3 Å². The van der Waals surface area contributed by atoms with Crippen LogP contribution in [0, 0.1) is 0 Å².